The van der Waals surface area contributed by atoms with Crippen LogP contribution in [0.3, 0.4) is 0 Å². The summed E-state index contributed by atoms with van der Waals surface area (Å²) in [6.07, 6.45) is 0.512. The Kier molecular flexibility index (Phi) is 4.31. The quantitative estimate of drug-likeness (QED) is 0.936. The largest absolute Gasteiger partial charge is 0.339 e. The Labute approximate surface area is 119 Å². The van der Waals surface area contributed by atoms with Crippen molar-refractivity contribution in [2.45, 2.75) is 26.3 Å². The Hall–Kier alpha value is -1.27. The second kappa shape index (κ2) is 5.79. The molecule has 2 rings (SSSR count). The molecule has 0 bridgehead atoms. The summed E-state index contributed by atoms with van der Waals surface area (Å²) in [5.41, 5.74) is 6.52. The van der Waals surface area contributed by atoms with Crippen LogP contribution >= 0.6 is 15.9 Å². The molecule has 1 atom stereocenters. The summed E-state index contributed by atoms with van der Waals surface area (Å²) in [4.78, 5) is 4.25. The van der Waals surface area contributed by atoms with E-state index >= 15 is 0 Å². The van der Waals surface area contributed by atoms with Crippen LogP contribution in [0.2, 0.25) is 0 Å². The third-order valence-corrected chi connectivity index (χ3v) is 3.60. The van der Waals surface area contributed by atoms with E-state index in [9.17, 15) is 4.39 Å². The summed E-state index contributed by atoms with van der Waals surface area (Å²) in [6, 6.07) is 4.30. The predicted molar refractivity (Wildman–Crippen MR) is 73.9 cm³/mol. The molecule has 0 aliphatic carbocycles. The third kappa shape index (κ3) is 3.39. The van der Waals surface area contributed by atoms with Gasteiger partial charge in [-0.3, -0.25) is 0 Å². The highest BCUT2D eigenvalue weighted by Gasteiger charge is 2.16. The number of benzene rings is 1. The summed E-state index contributed by atoms with van der Waals surface area (Å²) >= 11 is 3.34. The predicted octanol–water partition coefficient (Wildman–Crippen LogP) is 3.16. The standard InChI is InChI=1S/C13H15BrFN3O/c1-7(2)11(16)6-12-17-13(18-19-12)9-5-8(15)3-4-10(9)14/h3-5,7,11H,6,16H2,1-2H3. The van der Waals surface area contributed by atoms with Crippen LogP contribution in [0, 0.1) is 11.7 Å². The van der Waals surface area contributed by atoms with Crippen LogP contribution in [0.5, 0.6) is 0 Å². The molecule has 102 valence electrons. The molecule has 0 fully saturated rings. The molecule has 0 spiro atoms. The molecule has 1 unspecified atom stereocenters. The van der Waals surface area contributed by atoms with Crippen molar-refractivity contribution >= 4 is 15.9 Å². The van der Waals surface area contributed by atoms with Gasteiger partial charge >= 0.3 is 0 Å². The zero-order valence-corrected chi connectivity index (χ0v) is 12.3. The molecule has 1 heterocycles. The summed E-state index contributed by atoms with van der Waals surface area (Å²) in [7, 11) is 0. The van der Waals surface area contributed by atoms with E-state index in [1.807, 2.05) is 13.8 Å². The normalized spacial score (nSPS) is 12.9. The van der Waals surface area contributed by atoms with Gasteiger partial charge in [0.15, 0.2) is 0 Å². The maximum atomic E-state index is 13.2. The molecule has 0 amide bonds. The van der Waals surface area contributed by atoms with E-state index in [2.05, 4.69) is 26.1 Å². The van der Waals surface area contributed by atoms with Crippen LogP contribution < -0.4 is 5.73 Å². The van der Waals surface area contributed by atoms with Gasteiger partial charge in [0.25, 0.3) is 0 Å². The minimum Gasteiger partial charge on any atom is -0.339 e. The Morgan fingerprint density at radius 3 is 2.84 bits per heavy atom. The number of nitrogens with zero attached hydrogens (tertiary/aromatic N) is 2. The number of halogens is 2. The fraction of sp³-hybridized carbons (Fsp3) is 0.385. The van der Waals surface area contributed by atoms with Crippen LogP contribution in [0.1, 0.15) is 19.7 Å². The lowest BCUT2D eigenvalue weighted by atomic mass is 10.0. The van der Waals surface area contributed by atoms with Crippen molar-refractivity contribution in [3.05, 3.63) is 34.4 Å². The SMILES string of the molecule is CC(C)C(N)Cc1nc(-c2cc(F)ccc2Br)no1. The maximum Gasteiger partial charge on any atom is 0.228 e. The van der Waals surface area contributed by atoms with Gasteiger partial charge in [0.2, 0.25) is 11.7 Å². The van der Waals surface area contributed by atoms with Gasteiger partial charge in [-0.1, -0.05) is 34.9 Å². The molecule has 0 aliphatic rings. The Morgan fingerprint density at radius 1 is 1.42 bits per heavy atom. The summed E-state index contributed by atoms with van der Waals surface area (Å²) in [6.45, 7) is 4.07. The third-order valence-electron chi connectivity index (χ3n) is 2.90. The van der Waals surface area contributed by atoms with E-state index in [4.69, 9.17) is 10.3 Å². The highest BCUT2D eigenvalue weighted by Crippen LogP contribution is 2.26. The van der Waals surface area contributed by atoms with Crippen LogP contribution in [0.4, 0.5) is 4.39 Å². The van der Waals surface area contributed by atoms with Crippen LogP contribution in [-0.4, -0.2) is 16.2 Å². The molecular formula is C13H15BrFN3O. The second-order valence-electron chi connectivity index (χ2n) is 4.75. The van der Waals surface area contributed by atoms with Crippen LogP contribution in [0.15, 0.2) is 27.2 Å². The van der Waals surface area contributed by atoms with E-state index < -0.39 is 0 Å². The van der Waals surface area contributed by atoms with E-state index in [0.717, 1.165) is 4.47 Å². The van der Waals surface area contributed by atoms with Gasteiger partial charge in [0, 0.05) is 22.5 Å². The van der Waals surface area contributed by atoms with Crippen molar-refractivity contribution < 1.29 is 8.91 Å². The highest BCUT2D eigenvalue weighted by molar-refractivity contribution is 9.10. The number of hydrogen-bond donors (Lipinski definition) is 1. The average molecular weight is 328 g/mol. The van der Waals surface area contributed by atoms with Crippen molar-refractivity contribution in [2.75, 3.05) is 0 Å². The molecule has 6 heteroatoms. The molecule has 1 aromatic heterocycles. The smallest absolute Gasteiger partial charge is 0.228 e. The first-order chi connectivity index (χ1) is 8.97. The van der Waals surface area contributed by atoms with Crippen LogP contribution in [0.25, 0.3) is 11.4 Å². The highest BCUT2D eigenvalue weighted by atomic mass is 79.9. The molecule has 0 aliphatic heterocycles. The lowest BCUT2D eigenvalue weighted by Gasteiger charge is -2.11. The zero-order chi connectivity index (χ0) is 14.0. The van der Waals surface area contributed by atoms with Gasteiger partial charge in [0.1, 0.15) is 5.82 Å². The van der Waals surface area contributed by atoms with Crippen molar-refractivity contribution in [2.24, 2.45) is 11.7 Å². The van der Waals surface area contributed by atoms with Crippen molar-refractivity contribution in [1.29, 1.82) is 0 Å². The van der Waals surface area contributed by atoms with Crippen molar-refractivity contribution in [3.8, 4) is 11.4 Å². The van der Waals surface area contributed by atoms with Crippen molar-refractivity contribution in [3.63, 3.8) is 0 Å². The van der Waals surface area contributed by atoms with E-state index in [1.54, 1.807) is 6.07 Å². The van der Waals surface area contributed by atoms with Crippen molar-refractivity contribution in [1.82, 2.24) is 10.1 Å². The minimum atomic E-state index is -0.344. The number of hydrogen-bond acceptors (Lipinski definition) is 4. The molecule has 0 saturated heterocycles. The monoisotopic (exact) mass is 327 g/mol. The Bertz CT molecular complexity index is 571. The maximum absolute atomic E-state index is 13.2. The van der Waals surface area contributed by atoms with Gasteiger partial charge in [-0.15, -0.1) is 0 Å². The van der Waals surface area contributed by atoms with E-state index in [0.29, 0.717) is 29.6 Å². The molecular weight excluding hydrogens is 313 g/mol. The van der Waals surface area contributed by atoms with Gasteiger partial charge in [0.05, 0.1) is 0 Å². The summed E-state index contributed by atoms with van der Waals surface area (Å²) in [5.74, 6) is 0.810. The summed E-state index contributed by atoms with van der Waals surface area (Å²) < 4.78 is 19.1. The molecule has 1 aromatic carbocycles. The number of rotatable bonds is 4. The first-order valence-electron chi connectivity index (χ1n) is 6.01. The zero-order valence-electron chi connectivity index (χ0n) is 10.7. The van der Waals surface area contributed by atoms with Gasteiger partial charge < -0.3 is 10.3 Å². The molecule has 2 N–H and O–H groups in total. The summed E-state index contributed by atoms with van der Waals surface area (Å²) in [5, 5.41) is 3.86. The number of aromatic nitrogens is 2. The van der Waals surface area contributed by atoms with Crippen LogP contribution in [-0.2, 0) is 6.42 Å². The van der Waals surface area contributed by atoms with Gasteiger partial charge in [-0.2, -0.15) is 4.98 Å². The van der Waals surface area contributed by atoms with E-state index in [1.165, 1.54) is 12.1 Å². The van der Waals surface area contributed by atoms with E-state index in [-0.39, 0.29) is 11.9 Å². The molecule has 2 aromatic rings. The first-order valence-corrected chi connectivity index (χ1v) is 6.80. The first kappa shape index (κ1) is 14.1. The van der Waals surface area contributed by atoms with Gasteiger partial charge in [-0.05, 0) is 24.1 Å². The Morgan fingerprint density at radius 2 is 2.16 bits per heavy atom. The Balaban J connectivity index is 2.23. The average Bonchev–Trinajstić information content (AvgIpc) is 2.80. The fourth-order valence-electron chi connectivity index (χ4n) is 1.55. The van der Waals surface area contributed by atoms with Gasteiger partial charge in [-0.25, -0.2) is 4.39 Å². The minimum absolute atomic E-state index is 0.0377. The second-order valence-corrected chi connectivity index (χ2v) is 5.60. The lowest BCUT2D eigenvalue weighted by molar-refractivity contribution is 0.353. The topological polar surface area (TPSA) is 64.9 Å². The molecule has 0 saturated carbocycles. The lowest BCUT2D eigenvalue weighted by Crippen LogP contribution is -2.28. The molecule has 0 radical (unpaired) electrons. The molecule has 19 heavy (non-hydrogen) atoms. The molecule has 4 nitrogen and oxygen atoms in total. The number of nitrogens with two attached hydrogens (primary N) is 1. The fourth-order valence-corrected chi connectivity index (χ4v) is 1.98.